The molecular formula is C23H28N6O5S. The fraction of sp³-hybridized carbons (Fsp3) is 0.522. The molecule has 0 unspecified atom stereocenters. The number of hydrogen-bond donors (Lipinski definition) is 2. The Morgan fingerprint density at radius 1 is 1.31 bits per heavy atom. The molecule has 2 N–H and O–H groups in total. The topological polar surface area (TPSA) is 133 Å². The first kappa shape index (κ1) is 23.5. The van der Waals surface area contributed by atoms with Gasteiger partial charge in [0.25, 0.3) is 5.91 Å². The lowest BCUT2D eigenvalue weighted by Gasteiger charge is -2.62. The van der Waals surface area contributed by atoms with Crippen molar-refractivity contribution < 1.29 is 18.7 Å². The molecule has 0 spiro atoms. The summed E-state index contributed by atoms with van der Waals surface area (Å²) in [6.07, 6.45) is 4.79. The van der Waals surface area contributed by atoms with Crippen molar-refractivity contribution in [2.75, 3.05) is 31.0 Å². The maximum absolute atomic E-state index is 12.9. The first-order chi connectivity index (χ1) is 16.7. The van der Waals surface area contributed by atoms with Gasteiger partial charge in [-0.15, -0.1) is 10.2 Å². The number of amides is 1. The van der Waals surface area contributed by atoms with Gasteiger partial charge in [0.2, 0.25) is 16.0 Å². The van der Waals surface area contributed by atoms with Crippen LogP contribution in [-0.2, 0) is 4.74 Å². The van der Waals surface area contributed by atoms with E-state index in [0.29, 0.717) is 17.4 Å². The second kappa shape index (κ2) is 8.76. The molecule has 3 aromatic heterocycles. The number of nitrogens with one attached hydrogen (secondary N) is 2. The third-order valence-electron chi connectivity index (χ3n) is 6.36. The second-order valence-corrected chi connectivity index (χ2v) is 11.1. The molecule has 0 atom stereocenters. The summed E-state index contributed by atoms with van der Waals surface area (Å²) in [5.41, 5.74) is 0.279. The van der Waals surface area contributed by atoms with E-state index in [-0.39, 0.29) is 34.2 Å². The number of ether oxygens (including phenoxy) is 2. The third-order valence-corrected chi connectivity index (χ3v) is 7.17. The Bertz CT molecular complexity index is 1290. The smallest absolute Gasteiger partial charge is 0.381 e. The molecule has 0 aliphatic heterocycles. The highest BCUT2D eigenvalue weighted by atomic mass is 32.1. The molecule has 6 rings (SSSR count). The van der Waals surface area contributed by atoms with Crippen LogP contribution in [0.4, 0.5) is 10.8 Å². The van der Waals surface area contributed by atoms with Gasteiger partial charge in [-0.3, -0.25) is 10.1 Å². The summed E-state index contributed by atoms with van der Waals surface area (Å²) in [6, 6.07) is 3.37. The molecule has 186 valence electrons. The normalized spacial score (nSPS) is 20.6. The number of carbonyl (C=O) groups excluding carboxylic acids is 1. The highest BCUT2D eigenvalue weighted by Gasteiger charge is 2.57. The lowest BCUT2D eigenvalue weighted by Crippen LogP contribution is -2.63. The third kappa shape index (κ3) is 4.67. The Hall–Kier alpha value is -3.25. The zero-order valence-electron chi connectivity index (χ0n) is 20.1. The Kier molecular flexibility index (Phi) is 5.88. The predicted molar refractivity (Wildman–Crippen MR) is 130 cm³/mol. The molecule has 3 aliphatic rings. The number of hydrogen-bond acceptors (Lipinski definition) is 10. The molecule has 0 aromatic carbocycles. The van der Waals surface area contributed by atoms with Gasteiger partial charge in [0, 0.05) is 36.0 Å². The van der Waals surface area contributed by atoms with Crippen molar-refractivity contribution in [2.24, 2.45) is 11.3 Å². The van der Waals surface area contributed by atoms with Gasteiger partial charge >= 0.3 is 5.63 Å². The van der Waals surface area contributed by atoms with Gasteiger partial charge in [-0.2, -0.15) is 5.10 Å². The molecule has 11 nitrogen and oxygen atoms in total. The molecule has 35 heavy (non-hydrogen) atoms. The fourth-order valence-electron chi connectivity index (χ4n) is 4.52. The second-order valence-electron chi connectivity index (χ2n) is 10.1. The van der Waals surface area contributed by atoms with E-state index in [9.17, 15) is 9.59 Å². The van der Waals surface area contributed by atoms with E-state index >= 15 is 0 Å². The first-order valence-electron chi connectivity index (χ1n) is 11.4. The number of aryl methyl sites for hydroxylation is 1. The van der Waals surface area contributed by atoms with Crippen LogP contribution in [0.25, 0.3) is 5.13 Å². The summed E-state index contributed by atoms with van der Waals surface area (Å²) in [6.45, 7) is 6.57. The zero-order valence-corrected chi connectivity index (χ0v) is 20.9. The van der Waals surface area contributed by atoms with Crippen molar-refractivity contribution in [1.29, 1.82) is 0 Å². The summed E-state index contributed by atoms with van der Waals surface area (Å²) in [5, 5.41) is 19.1. The van der Waals surface area contributed by atoms with Gasteiger partial charge in [-0.25, -0.2) is 9.48 Å². The van der Waals surface area contributed by atoms with E-state index in [4.69, 9.17) is 13.9 Å². The van der Waals surface area contributed by atoms with E-state index in [1.807, 2.05) is 26.8 Å². The van der Waals surface area contributed by atoms with Gasteiger partial charge in [0.05, 0.1) is 18.9 Å². The number of methoxy groups -OCH3 is 1. The van der Waals surface area contributed by atoms with Gasteiger partial charge in [-0.1, -0.05) is 25.2 Å². The maximum Gasteiger partial charge on any atom is 0.381 e. The van der Waals surface area contributed by atoms with Crippen molar-refractivity contribution in [3.05, 3.63) is 40.2 Å². The molecule has 3 saturated carbocycles. The lowest BCUT2D eigenvalue weighted by atomic mass is 9.50. The van der Waals surface area contributed by atoms with Crippen LogP contribution in [0.1, 0.15) is 49.4 Å². The minimum absolute atomic E-state index is 0.0396. The van der Waals surface area contributed by atoms with Crippen LogP contribution in [0.15, 0.2) is 27.5 Å². The Morgan fingerprint density at radius 3 is 2.71 bits per heavy atom. The van der Waals surface area contributed by atoms with Crippen LogP contribution in [0.3, 0.4) is 0 Å². The summed E-state index contributed by atoms with van der Waals surface area (Å²) in [4.78, 5) is 25.9. The van der Waals surface area contributed by atoms with Crippen LogP contribution in [-0.4, -0.2) is 51.7 Å². The van der Waals surface area contributed by atoms with Crippen molar-refractivity contribution in [3.8, 4) is 10.9 Å². The number of rotatable bonds is 10. The predicted octanol–water partition coefficient (Wildman–Crippen LogP) is 3.25. The summed E-state index contributed by atoms with van der Waals surface area (Å²) in [5.74, 6) is 0.0664. The van der Waals surface area contributed by atoms with Crippen molar-refractivity contribution in [2.45, 2.75) is 45.6 Å². The molecule has 3 heterocycles. The van der Waals surface area contributed by atoms with E-state index in [2.05, 4.69) is 25.9 Å². The van der Waals surface area contributed by atoms with Crippen LogP contribution < -0.4 is 21.0 Å². The number of aromatic nitrogens is 4. The van der Waals surface area contributed by atoms with Crippen molar-refractivity contribution >= 4 is 28.1 Å². The van der Waals surface area contributed by atoms with E-state index in [0.717, 1.165) is 42.2 Å². The Morgan fingerprint density at radius 2 is 2.09 bits per heavy atom. The monoisotopic (exact) mass is 500 g/mol. The molecule has 1 amide bonds. The molecule has 3 fully saturated rings. The molecule has 0 saturated heterocycles. The number of nitrogens with zero attached hydrogens (tertiary/aromatic N) is 4. The van der Waals surface area contributed by atoms with Gasteiger partial charge < -0.3 is 19.2 Å². The minimum atomic E-state index is -0.718. The summed E-state index contributed by atoms with van der Waals surface area (Å²) < 4.78 is 18.1. The van der Waals surface area contributed by atoms with Crippen LogP contribution >= 0.6 is 11.3 Å². The minimum Gasteiger partial charge on any atom is -0.484 e. The molecule has 2 bridgehead atoms. The largest absolute Gasteiger partial charge is 0.484 e. The highest BCUT2D eigenvalue weighted by molar-refractivity contribution is 7.17. The molecule has 12 heteroatoms. The summed E-state index contributed by atoms with van der Waals surface area (Å²) >= 11 is 1.16. The molecular weight excluding hydrogens is 472 g/mol. The van der Waals surface area contributed by atoms with Gasteiger partial charge in [0.15, 0.2) is 5.76 Å². The Labute approximate surface area is 205 Å². The van der Waals surface area contributed by atoms with Crippen LogP contribution in [0.5, 0.6) is 5.75 Å². The van der Waals surface area contributed by atoms with Crippen molar-refractivity contribution in [3.63, 3.8) is 0 Å². The molecule has 3 aliphatic carbocycles. The number of carbonyl (C=O) groups is 1. The highest BCUT2D eigenvalue weighted by Crippen LogP contribution is 2.59. The quantitative estimate of drug-likeness (QED) is 0.430. The van der Waals surface area contributed by atoms with E-state index in [1.54, 1.807) is 18.0 Å². The first-order valence-corrected chi connectivity index (χ1v) is 12.2. The number of anilines is 2. The van der Waals surface area contributed by atoms with Gasteiger partial charge in [-0.05, 0) is 38.2 Å². The van der Waals surface area contributed by atoms with E-state index < -0.39 is 11.5 Å². The average Bonchev–Trinajstić information content (AvgIpc) is 3.37. The van der Waals surface area contributed by atoms with Crippen molar-refractivity contribution in [1.82, 2.24) is 20.0 Å². The molecule has 0 radical (unpaired) electrons. The zero-order chi connectivity index (χ0) is 24.8. The lowest BCUT2D eigenvalue weighted by molar-refractivity contribution is 0.00164. The SMILES string of the molecule is COCC(C)(C)COc1c(NC23CC(C2)C3)cc(C(=O)Nc2nnc(-n3nccc3C)s2)oc1=O. The maximum atomic E-state index is 12.9. The van der Waals surface area contributed by atoms with Crippen LogP contribution in [0, 0.1) is 18.3 Å². The average molecular weight is 501 g/mol. The summed E-state index contributed by atoms with van der Waals surface area (Å²) in [7, 11) is 1.62. The fourth-order valence-corrected chi connectivity index (χ4v) is 5.28. The standard InChI is InChI=1S/C23H28N6O5S/c1-13-5-6-24-29(13)21-28-27-20(35-21)25-18(30)16-7-15(26-23-8-14(9-23)10-23)17(19(31)34-16)33-12-22(2,3)11-32-4/h5-7,14,26H,8-12H2,1-4H3,(H,25,27,30). The van der Waals surface area contributed by atoms with E-state index in [1.165, 1.54) is 6.07 Å². The van der Waals surface area contributed by atoms with Gasteiger partial charge in [0.1, 0.15) is 0 Å². The Balaban J connectivity index is 1.37. The molecule has 3 aromatic rings. The van der Waals surface area contributed by atoms with Crippen LogP contribution in [0.2, 0.25) is 0 Å².